The summed E-state index contributed by atoms with van der Waals surface area (Å²) in [6.07, 6.45) is 6.93. The van der Waals surface area contributed by atoms with Crippen LogP contribution in [0, 0.1) is 5.92 Å². The molecule has 2 rings (SSSR count). The quantitative estimate of drug-likeness (QED) is 0.511. The van der Waals surface area contributed by atoms with E-state index in [0.717, 1.165) is 5.76 Å². The molecule has 0 aromatic rings. The zero-order chi connectivity index (χ0) is 6.81. The largest absolute Gasteiger partial charge is 0.657 e. The second-order valence-corrected chi connectivity index (χ2v) is 2.85. The topological polar surface area (TPSA) is 18.5 Å². The Balaban J connectivity index is 1.97. The lowest BCUT2D eigenvalue weighted by atomic mass is 10.1. The molecule has 1 heterocycles. The van der Waals surface area contributed by atoms with Gasteiger partial charge in [0, 0.05) is 5.92 Å². The molecule has 1 aliphatic carbocycles. The van der Waals surface area contributed by atoms with Gasteiger partial charge in [0.05, 0.1) is 6.26 Å². The molecule has 53 valence electrons. The molecular formula is C7H10BO2. The van der Waals surface area contributed by atoms with Crippen LogP contribution in [0.4, 0.5) is 0 Å². The van der Waals surface area contributed by atoms with E-state index >= 15 is 0 Å². The van der Waals surface area contributed by atoms with Crippen LogP contribution in [0.15, 0.2) is 12.0 Å². The van der Waals surface area contributed by atoms with Crippen LogP contribution in [0.25, 0.3) is 0 Å². The van der Waals surface area contributed by atoms with Crippen molar-refractivity contribution >= 4 is 7.69 Å². The minimum atomic E-state index is 0.638. The highest BCUT2D eigenvalue weighted by molar-refractivity contribution is 6.19. The highest BCUT2D eigenvalue weighted by Crippen LogP contribution is 2.32. The van der Waals surface area contributed by atoms with Gasteiger partial charge < -0.3 is 9.31 Å². The van der Waals surface area contributed by atoms with Gasteiger partial charge in [-0.1, -0.05) is 12.8 Å². The monoisotopic (exact) mass is 137 g/mol. The van der Waals surface area contributed by atoms with Crippen LogP contribution in [0.2, 0.25) is 0 Å². The van der Waals surface area contributed by atoms with Gasteiger partial charge in [-0.05, 0) is 12.8 Å². The maximum Gasteiger partial charge on any atom is 0.657 e. The number of allylic oxidation sites excluding steroid dienone is 1. The first kappa shape index (κ1) is 6.14. The van der Waals surface area contributed by atoms with Crippen LogP contribution in [0.1, 0.15) is 25.7 Å². The third kappa shape index (κ3) is 1.00. The first-order chi connectivity index (χ1) is 4.97. The normalized spacial score (nSPS) is 25.0. The Morgan fingerprint density at radius 2 is 2.20 bits per heavy atom. The molecule has 1 aliphatic heterocycles. The number of rotatable bonds is 1. The van der Waals surface area contributed by atoms with Crippen molar-refractivity contribution in [1.29, 1.82) is 0 Å². The summed E-state index contributed by atoms with van der Waals surface area (Å²) in [5.41, 5.74) is 0. The van der Waals surface area contributed by atoms with Crippen LogP contribution in [-0.4, -0.2) is 7.69 Å². The summed E-state index contributed by atoms with van der Waals surface area (Å²) in [6.45, 7) is 0. The van der Waals surface area contributed by atoms with E-state index in [1.807, 2.05) is 0 Å². The molecule has 0 amide bonds. The van der Waals surface area contributed by atoms with E-state index in [-0.39, 0.29) is 0 Å². The van der Waals surface area contributed by atoms with Crippen LogP contribution < -0.4 is 0 Å². The van der Waals surface area contributed by atoms with E-state index in [4.69, 9.17) is 9.31 Å². The molecule has 1 fully saturated rings. The molecule has 2 nitrogen and oxygen atoms in total. The van der Waals surface area contributed by atoms with Gasteiger partial charge in [0.15, 0.2) is 0 Å². The van der Waals surface area contributed by atoms with E-state index < -0.39 is 0 Å². The highest BCUT2D eigenvalue weighted by Gasteiger charge is 2.24. The van der Waals surface area contributed by atoms with Crippen LogP contribution in [0.5, 0.6) is 0 Å². The average molecular weight is 137 g/mol. The van der Waals surface area contributed by atoms with Gasteiger partial charge >= 0.3 is 7.69 Å². The summed E-state index contributed by atoms with van der Waals surface area (Å²) < 4.78 is 10.0. The van der Waals surface area contributed by atoms with Crippen molar-refractivity contribution in [3.8, 4) is 0 Å². The predicted molar refractivity (Wildman–Crippen MR) is 38.0 cm³/mol. The third-order valence-electron chi connectivity index (χ3n) is 2.18. The standard InChI is InChI=1S/C7H10BO2/c1-2-4-6(3-1)7-5-9-8-10-7/h5-6H,1-4H2. The lowest BCUT2D eigenvalue weighted by Gasteiger charge is -2.07. The maximum atomic E-state index is 5.15. The first-order valence-electron chi connectivity index (χ1n) is 3.81. The molecule has 1 saturated carbocycles. The molecule has 10 heavy (non-hydrogen) atoms. The van der Waals surface area contributed by atoms with E-state index in [2.05, 4.69) is 0 Å². The molecule has 0 aromatic heterocycles. The molecule has 0 atom stereocenters. The summed E-state index contributed by atoms with van der Waals surface area (Å²) in [4.78, 5) is 0. The van der Waals surface area contributed by atoms with Gasteiger partial charge in [0.2, 0.25) is 0 Å². The van der Waals surface area contributed by atoms with Gasteiger partial charge in [0.25, 0.3) is 0 Å². The Morgan fingerprint density at radius 3 is 2.80 bits per heavy atom. The molecular weight excluding hydrogens is 127 g/mol. The highest BCUT2D eigenvalue weighted by atomic mass is 16.6. The van der Waals surface area contributed by atoms with Crippen molar-refractivity contribution < 1.29 is 9.31 Å². The lowest BCUT2D eigenvalue weighted by molar-refractivity contribution is 0.364. The van der Waals surface area contributed by atoms with Gasteiger partial charge in [-0.2, -0.15) is 0 Å². The van der Waals surface area contributed by atoms with Crippen LogP contribution in [-0.2, 0) is 9.31 Å². The SMILES string of the molecule is [B]1OC=C(C2CCCC2)O1. The minimum absolute atomic E-state index is 0.638. The van der Waals surface area contributed by atoms with Gasteiger partial charge in [-0.25, -0.2) is 0 Å². The molecule has 1 radical (unpaired) electrons. The molecule has 2 aliphatic rings. The van der Waals surface area contributed by atoms with Crippen molar-refractivity contribution in [3.63, 3.8) is 0 Å². The zero-order valence-electron chi connectivity index (χ0n) is 5.88. The minimum Gasteiger partial charge on any atom is -0.529 e. The first-order valence-corrected chi connectivity index (χ1v) is 3.81. The fraction of sp³-hybridized carbons (Fsp3) is 0.714. The van der Waals surface area contributed by atoms with Crippen molar-refractivity contribution in [3.05, 3.63) is 12.0 Å². The molecule has 0 saturated heterocycles. The van der Waals surface area contributed by atoms with Crippen molar-refractivity contribution in [2.45, 2.75) is 25.7 Å². The van der Waals surface area contributed by atoms with Crippen molar-refractivity contribution in [1.82, 2.24) is 0 Å². The summed E-state index contributed by atoms with van der Waals surface area (Å²) in [7, 11) is 1.40. The number of hydrogen-bond donors (Lipinski definition) is 0. The maximum absolute atomic E-state index is 5.15. The van der Waals surface area contributed by atoms with E-state index in [1.54, 1.807) is 6.26 Å². The Morgan fingerprint density at radius 1 is 1.40 bits per heavy atom. The van der Waals surface area contributed by atoms with E-state index in [0.29, 0.717) is 5.92 Å². The summed E-state index contributed by atoms with van der Waals surface area (Å²) >= 11 is 0. The van der Waals surface area contributed by atoms with Crippen LogP contribution in [0.3, 0.4) is 0 Å². The fourth-order valence-electron chi connectivity index (χ4n) is 1.61. The summed E-state index contributed by atoms with van der Waals surface area (Å²) in [5.74, 6) is 1.66. The Kier molecular flexibility index (Phi) is 1.57. The lowest BCUT2D eigenvalue weighted by Crippen LogP contribution is -1.99. The zero-order valence-corrected chi connectivity index (χ0v) is 5.88. The van der Waals surface area contributed by atoms with E-state index in [9.17, 15) is 0 Å². The molecule has 0 bridgehead atoms. The summed E-state index contributed by atoms with van der Waals surface area (Å²) in [6, 6.07) is 0. The molecule has 0 aromatic carbocycles. The Hall–Kier alpha value is -0.595. The fourth-order valence-corrected chi connectivity index (χ4v) is 1.61. The molecule has 0 spiro atoms. The smallest absolute Gasteiger partial charge is 0.529 e. The van der Waals surface area contributed by atoms with Crippen LogP contribution >= 0.6 is 0 Å². The second-order valence-electron chi connectivity index (χ2n) is 2.85. The third-order valence-corrected chi connectivity index (χ3v) is 2.18. The molecule has 0 unspecified atom stereocenters. The summed E-state index contributed by atoms with van der Waals surface area (Å²) in [5, 5.41) is 0. The van der Waals surface area contributed by atoms with E-state index in [1.165, 1.54) is 33.4 Å². The van der Waals surface area contributed by atoms with Crippen molar-refractivity contribution in [2.24, 2.45) is 5.92 Å². The van der Waals surface area contributed by atoms with Gasteiger partial charge in [-0.15, -0.1) is 0 Å². The second kappa shape index (κ2) is 2.56. The van der Waals surface area contributed by atoms with Crippen molar-refractivity contribution in [2.75, 3.05) is 0 Å². The Bertz CT molecular complexity index is 150. The predicted octanol–water partition coefficient (Wildman–Crippen LogP) is 1.60. The molecule has 3 heteroatoms. The number of hydrogen-bond acceptors (Lipinski definition) is 2. The average Bonchev–Trinajstić information content (AvgIpc) is 2.59. The Labute approximate surface area is 61.5 Å². The van der Waals surface area contributed by atoms with Gasteiger partial charge in [0.1, 0.15) is 5.76 Å². The molecule has 0 N–H and O–H groups in total. The van der Waals surface area contributed by atoms with Gasteiger partial charge in [-0.3, -0.25) is 0 Å².